The molecule has 0 fully saturated rings. The van der Waals surface area contributed by atoms with Gasteiger partial charge >= 0.3 is 0 Å². The Morgan fingerprint density at radius 3 is 2.21 bits per heavy atom. The van der Waals surface area contributed by atoms with Crippen LogP contribution in [0.15, 0.2) is 42.5 Å². The zero-order valence-electron chi connectivity index (χ0n) is 14.0. The summed E-state index contributed by atoms with van der Waals surface area (Å²) in [4.78, 5) is 24.0. The number of halogens is 1. The van der Waals surface area contributed by atoms with Gasteiger partial charge in [0.1, 0.15) is 6.42 Å². The lowest BCUT2D eigenvalue weighted by Crippen LogP contribution is -2.21. The smallest absolute Gasteiger partial charge is 0.233 e. The highest BCUT2D eigenvalue weighted by Crippen LogP contribution is 2.20. The minimum atomic E-state index is -0.364. The van der Waals surface area contributed by atoms with Gasteiger partial charge in [-0.1, -0.05) is 37.6 Å². The third kappa shape index (κ3) is 5.10. The molecule has 0 bridgehead atoms. The third-order valence-electron chi connectivity index (χ3n) is 3.64. The number of aryl methyl sites for hydroxylation is 1. The van der Waals surface area contributed by atoms with Crippen molar-refractivity contribution in [2.75, 3.05) is 10.6 Å². The Bertz CT molecular complexity index is 740. The molecule has 0 aliphatic heterocycles. The van der Waals surface area contributed by atoms with Gasteiger partial charge in [0.25, 0.3) is 0 Å². The van der Waals surface area contributed by atoms with Crippen LogP contribution in [0.1, 0.15) is 37.3 Å². The van der Waals surface area contributed by atoms with Crippen molar-refractivity contribution < 1.29 is 9.59 Å². The van der Waals surface area contributed by atoms with E-state index < -0.39 is 0 Å². The molecule has 2 aromatic rings. The number of carbonyl (C=O) groups is 2. The summed E-state index contributed by atoms with van der Waals surface area (Å²) >= 11 is 5.88. The van der Waals surface area contributed by atoms with E-state index in [1.807, 2.05) is 31.2 Å². The SMILES string of the molecule is Cc1cc(Cl)ccc1NC(=O)CC(=O)Nc1ccc(C(C)C)cc1. The zero-order valence-corrected chi connectivity index (χ0v) is 14.8. The Labute approximate surface area is 147 Å². The fourth-order valence-corrected chi connectivity index (χ4v) is 2.49. The Balaban J connectivity index is 1.90. The van der Waals surface area contributed by atoms with Crippen molar-refractivity contribution >= 4 is 34.8 Å². The topological polar surface area (TPSA) is 58.2 Å². The molecule has 0 saturated carbocycles. The lowest BCUT2D eigenvalue weighted by Gasteiger charge is -2.10. The fraction of sp³-hybridized carbons (Fsp3) is 0.263. The van der Waals surface area contributed by atoms with Crippen molar-refractivity contribution in [2.45, 2.75) is 33.1 Å². The molecular formula is C19H21ClN2O2. The van der Waals surface area contributed by atoms with Crippen molar-refractivity contribution in [3.63, 3.8) is 0 Å². The van der Waals surface area contributed by atoms with Crippen molar-refractivity contribution in [1.82, 2.24) is 0 Å². The predicted octanol–water partition coefficient (Wildman–Crippen LogP) is 4.74. The molecule has 0 aromatic heterocycles. The number of carbonyl (C=O) groups excluding carboxylic acids is 2. The molecule has 0 spiro atoms. The summed E-state index contributed by atoms with van der Waals surface area (Å²) in [6.07, 6.45) is -0.242. The molecule has 0 heterocycles. The maximum absolute atomic E-state index is 12.0. The first-order valence-electron chi connectivity index (χ1n) is 7.81. The standard InChI is InChI=1S/C19H21ClN2O2/c1-12(2)14-4-7-16(8-5-14)21-18(23)11-19(24)22-17-9-6-15(20)10-13(17)3/h4-10,12H,11H2,1-3H3,(H,21,23)(H,22,24). The zero-order chi connectivity index (χ0) is 17.7. The number of anilines is 2. The lowest BCUT2D eigenvalue weighted by atomic mass is 10.0. The molecule has 24 heavy (non-hydrogen) atoms. The summed E-state index contributed by atoms with van der Waals surface area (Å²) in [6.45, 7) is 6.06. The highest BCUT2D eigenvalue weighted by molar-refractivity contribution is 6.30. The molecule has 2 amide bonds. The summed E-state index contributed by atoms with van der Waals surface area (Å²) in [6, 6.07) is 12.8. The van der Waals surface area contributed by atoms with E-state index in [4.69, 9.17) is 11.6 Å². The molecule has 0 radical (unpaired) electrons. The molecule has 2 N–H and O–H groups in total. The van der Waals surface area contributed by atoms with E-state index in [0.29, 0.717) is 22.3 Å². The number of hydrogen-bond donors (Lipinski definition) is 2. The lowest BCUT2D eigenvalue weighted by molar-refractivity contribution is -0.123. The monoisotopic (exact) mass is 344 g/mol. The number of hydrogen-bond acceptors (Lipinski definition) is 2. The van der Waals surface area contributed by atoms with Crippen LogP contribution in [0.25, 0.3) is 0 Å². The molecule has 0 saturated heterocycles. The van der Waals surface area contributed by atoms with E-state index in [2.05, 4.69) is 24.5 Å². The molecule has 126 valence electrons. The fourth-order valence-electron chi connectivity index (χ4n) is 2.26. The van der Waals surface area contributed by atoms with Crippen LogP contribution >= 0.6 is 11.6 Å². The Morgan fingerprint density at radius 2 is 1.62 bits per heavy atom. The Morgan fingerprint density at radius 1 is 1.00 bits per heavy atom. The molecule has 0 unspecified atom stereocenters. The molecule has 4 nitrogen and oxygen atoms in total. The maximum atomic E-state index is 12.0. The highest BCUT2D eigenvalue weighted by Gasteiger charge is 2.11. The molecular weight excluding hydrogens is 324 g/mol. The second-order valence-corrected chi connectivity index (χ2v) is 6.45. The van der Waals surface area contributed by atoms with Gasteiger partial charge in [-0.25, -0.2) is 0 Å². The van der Waals surface area contributed by atoms with Gasteiger partial charge in [-0.2, -0.15) is 0 Å². The molecule has 0 atom stereocenters. The van der Waals surface area contributed by atoms with Crippen molar-refractivity contribution in [2.24, 2.45) is 0 Å². The molecule has 2 aromatic carbocycles. The van der Waals surface area contributed by atoms with E-state index in [0.717, 1.165) is 5.56 Å². The summed E-state index contributed by atoms with van der Waals surface area (Å²) in [5.41, 5.74) is 3.38. The quantitative estimate of drug-likeness (QED) is 0.770. The number of benzene rings is 2. The van der Waals surface area contributed by atoms with Gasteiger partial charge < -0.3 is 10.6 Å². The van der Waals surface area contributed by atoms with Crippen molar-refractivity contribution in [3.8, 4) is 0 Å². The second-order valence-electron chi connectivity index (χ2n) is 6.01. The predicted molar refractivity (Wildman–Crippen MR) is 98.6 cm³/mol. The Hall–Kier alpha value is -2.33. The van der Waals surface area contributed by atoms with Crippen LogP contribution in [0.2, 0.25) is 5.02 Å². The minimum absolute atomic E-state index is 0.242. The van der Waals surface area contributed by atoms with Gasteiger partial charge in [0, 0.05) is 16.4 Å². The largest absolute Gasteiger partial charge is 0.326 e. The summed E-state index contributed by atoms with van der Waals surface area (Å²) in [5, 5.41) is 6.05. The van der Waals surface area contributed by atoms with Gasteiger partial charge in [-0.15, -0.1) is 0 Å². The number of amides is 2. The highest BCUT2D eigenvalue weighted by atomic mass is 35.5. The summed E-state index contributed by atoms with van der Waals surface area (Å²) in [5.74, 6) is -0.281. The average Bonchev–Trinajstić information content (AvgIpc) is 2.50. The number of nitrogens with one attached hydrogen (secondary N) is 2. The van der Waals surface area contributed by atoms with Crippen molar-refractivity contribution in [1.29, 1.82) is 0 Å². The van der Waals surface area contributed by atoms with E-state index in [-0.39, 0.29) is 18.2 Å². The van der Waals surface area contributed by atoms with Crippen LogP contribution in [0.5, 0.6) is 0 Å². The number of rotatable bonds is 5. The minimum Gasteiger partial charge on any atom is -0.326 e. The van der Waals surface area contributed by atoms with Crippen LogP contribution in [0.3, 0.4) is 0 Å². The summed E-state index contributed by atoms with van der Waals surface area (Å²) < 4.78 is 0. The third-order valence-corrected chi connectivity index (χ3v) is 3.88. The molecule has 0 aliphatic rings. The van der Waals surface area contributed by atoms with Crippen molar-refractivity contribution in [3.05, 3.63) is 58.6 Å². The first-order valence-corrected chi connectivity index (χ1v) is 8.19. The normalized spacial score (nSPS) is 10.5. The second kappa shape index (κ2) is 7.97. The van der Waals surface area contributed by atoms with Crippen LogP contribution in [-0.4, -0.2) is 11.8 Å². The first-order chi connectivity index (χ1) is 11.3. The molecule has 2 rings (SSSR count). The van der Waals surface area contributed by atoms with Crippen LogP contribution in [-0.2, 0) is 9.59 Å². The van der Waals surface area contributed by atoms with Crippen LogP contribution in [0.4, 0.5) is 11.4 Å². The van der Waals surface area contributed by atoms with Gasteiger partial charge in [0.2, 0.25) is 11.8 Å². The van der Waals surface area contributed by atoms with Gasteiger partial charge in [-0.3, -0.25) is 9.59 Å². The Kier molecular flexibility index (Phi) is 5.99. The van der Waals surface area contributed by atoms with Gasteiger partial charge in [-0.05, 0) is 54.3 Å². The van der Waals surface area contributed by atoms with E-state index in [9.17, 15) is 9.59 Å². The van der Waals surface area contributed by atoms with Crippen LogP contribution in [0, 0.1) is 6.92 Å². The van der Waals surface area contributed by atoms with Crippen LogP contribution < -0.4 is 10.6 Å². The average molecular weight is 345 g/mol. The van der Waals surface area contributed by atoms with Gasteiger partial charge in [0.05, 0.1) is 0 Å². The molecule has 5 heteroatoms. The summed E-state index contributed by atoms with van der Waals surface area (Å²) in [7, 11) is 0. The van der Waals surface area contributed by atoms with E-state index in [1.54, 1.807) is 18.2 Å². The first kappa shape index (κ1) is 18.0. The molecule has 0 aliphatic carbocycles. The van der Waals surface area contributed by atoms with E-state index >= 15 is 0 Å². The van der Waals surface area contributed by atoms with E-state index in [1.165, 1.54) is 5.56 Å². The van der Waals surface area contributed by atoms with Gasteiger partial charge in [0.15, 0.2) is 0 Å². The maximum Gasteiger partial charge on any atom is 0.233 e.